The number of amides is 1. The van der Waals surface area contributed by atoms with E-state index < -0.39 is 0 Å². The Labute approximate surface area is 133 Å². The monoisotopic (exact) mass is 323 g/mol. The molecule has 2 heterocycles. The van der Waals surface area contributed by atoms with Crippen molar-refractivity contribution in [3.8, 4) is 0 Å². The molecule has 0 aliphatic heterocycles. The third-order valence-corrected chi connectivity index (χ3v) is 5.53. The van der Waals surface area contributed by atoms with Gasteiger partial charge in [-0.15, -0.1) is 22.7 Å². The topological polar surface area (TPSA) is 54.9 Å². The maximum Gasteiger partial charge on any atom is 0.226 e. The number of rotatable bonds is 5. The van der Waals surface area contributed by atoms with E-state index >= 15 is 0 Å². The van der Waals surface area contributed by atoms with Gasteiger partial charge in [0.2, 0.25) is 5.91 Å². The number of carbonyl (C=O) groups is 1. The molecule has 1 amide bonds. The molecular weight excluding hydrogens is 302 g/mol. The Morgan fingerprint density at radius 1 is 1.14 bits per heavy atom. The smallest absolute Gasteiger partial charge is 0.226 e. The fraction of sp³-hybridized carbons (Fsp3) is 0.533. The number of thiazole rings is 2. The maximum absolute atomic E-state index is 12.2. The fourth-order valence-electron chi connectivity index (χ4n) is 2.12. The van der Waals surface area contributed by atoms with Crippen LogP contribution in [-0.4, -0.2) is 15.9 Å². The van der Waals surface area contributed by atoms with Crippen molar-refractivity contribution in [2.75, 3.05) is 0 Å². The van der Waals surface area contributed by atoms with Gasteiger partial charge >= 0.3 is 0 Å². The van der Waals surface area contributed by atoms with E-state index in [9.17, 15) is 4.79 Å². The lowest BCUT2D eigenvalue weighted by Crippen LogP contribution is -2.29. The summed E-state index contributed by atoms with van der Waals surface area (Å²) in [5, 5.41) is 5.08. The number of aryl methyl sites for hydroxylation is 4. The molecule has 0 saturated carbocycles. The van der Waals surface area contributed by atoms with Crippen molar-refractivity contribution in [3.63, 3.8) is 0 Å². The Balaban J connectivity index is 2.04. The summed E-state index contributed by atoms with van der Waals surface area (Å²) in [6, 6.07) is -0.00469. The van der Waals surface area contributed by atoms with Crippen LogP contribution in [0.2, 0.25) is 0 Å². The zero-order chi connectivity index (χ0) is 15.6. The molecule has 0 unspecified atom stereocenters. The molecule has 0 aliphatic rings. The standard InChI is InChI=1S/C15H21N3OS2/c1-6-12(15-16-8(2)9(3)21-15)18-14(19)7-13-10(4)20-11(5)17-13/h12H,6-7H2,1-5H3,(H,18,19)/t12-/m1/s1. The van der Waals surface area contributed by atoms with Crippen molar-refractivity contribution in [1.29, 1.82) is 0 Å². The number of carbonyl (C=O) groups excluding carboxylic acids is 1. The molecule has 0 bridgehead atoms. The van der Waals surface area contributed by atoms with Gasteiger partial charge in [-0.05, 0) is 34.1 Å². The van der Waals surface area contributed by atoms with Gasteiger partial charge in [0.15, 0.2) is 0 Å². The lowest BCUT2D eigenvalue weighted by molar-refractivity contribution is -0.121. The van der Waals surface area contributed by atoms with Gasteiger partial charge in [-0.25, -0.2) is 9.97 Å². The minimum absolute atomic E-state index is 0.00469. The Kier molecular flexibility index (Phi) is 5.11. The Morgan fingerprint density at radius 3 is 2.33 bits per heavy atom. The van der Waals surface area contributed by atoms with Crippen LogP contribution in [-0.2, 0) is 11.2 Å². The first-order valence-electron chi connectivity index (χ1n) is 7.06. The van der Waals surface area contributed by atoms with E-state index in [1.165, 1.54) is 4.88 Å². The van der Waals surface area contributed by atoms with Crippen LogP contribution < -0.4 is 5.32 Å². The second-order valence-electron chi connectivity index (χ2n) is 5.13. The third kappa shape index (κ3) is 3.89. The SMILES string of the molecule is CC[C@@H](NC(=O)Cc1nc(C)sc1C)c1nc(C)c(C)s1. The average molecular weight is 323 g/mol. The molecule has 2 aromatic rings. The number of aromatic nitrogens is 2. The van der Waals surface area contributed by atoms with Crippen LogP contribution in [0.4, 0.5) is 0 Å². The van der Waals surface area contributed by atoms with E-state index in [-0.39, 0.29) is 11.9 Å². The van der Waals surface area contributed by atoms with E-state index in [4.69, 9.17) is 0 Å². The summed E-state index contributed by atoms with van der Waals surface area (Å²) in [5.41, 5.74) is 1.94. The number of nitrogens with one attached hydrogen (secondary N) is 1. The van der Waals surface area contributed by atoms with Crippen LogP contribution in [0, 0.1) is 27.7 Å². The second-order valence-corrected chi connectivity index (χ2v) is 7.78. The summed E-state index contributed by atoms with van der Waals surface area (Å²) in [5.74, 6) is 0.0146. The minimum atomic E-state index is -0.00469. The summed E-state index contributed by atoms with van der Waals surface area (Å²) in [4.78, 5) is 23.5. The first kappa shape index (κ1) is 16.1. The molecule has 0 fully saturated rings. The molecule has 0 spiro atoms. The van der Waals surface area contributed by atoms with Crippen LogP contribution in [0.15, 0.2) is 0 Å². The van der Waals surface area contributed by atoms with Gasteiger partial charge in [-0.3, -0.25) is 4.79 Å². The van der Waals surface area contributed by atoms with Crippen molar-refractivity contribution in [2.45, 2.75) is 53.5 Å². The van der Waals surface area contributed by atoms with E-state index in [0.717, 1.165) is 32.7 Å². The summed E-state index contributed by atoms with van der Waals surface area (Å²) in [6.45, 7) is 10.1. The quantitative estimate of drug-likeness (QED) is 0.914. The molecule has 0 saturated heterocycles. The van der Waals surface area contributed by atoms with E-state index in [0.29, 0.717) is 6.42 Å². The minimum Gasteiger partial charge on any atom is -0.347 e. The molecule has 2 aromatic heterocycles. The van der Waals surface area contributed by atoms with Gasteiger partial charge < -0.3 is 5.32 Å². The number of hydrogen-bond donors (Lipinski definition) is 1. The zero-order valence-electron chi connectivity index (χ0n) is 13.1. The van der Waals surface area contributed by atoms with Crippen LogP contribution >= 0.6 is 22.7 Å². The van der Waals surface area contributed by atoms with E-state index in [2.05, 4.69) is 29.1 Å². The Morgan fingerprint density at radius 2 is 1.86 bits per heavy atom. The molecule has 21 heavy (non-hydrogen) atoms. The lowest BCUT2D eigenvalue weighted by Gasteiger charge is -2.14. The van der Waals surface area contributed by atoms with Crippen LogP contribution in [0.3, 0.4) is 0 Å². The number of hydrogen-bond acceptors (Lipinski definition) is 5. The molecule has 6 heteroatoms. The molecule has 114 valence electrons. The highest BCUT2D eigenvalue weighted by Gasteiger charge is 2.18. The van der Waals surface area contributed by atoms with Crippen LogP contribution in [0.1, 0.15) is 50.5 Å². The summed E-state index contributed by atoms with van der Waals surface area (Å²) in [6.07, 6.45) is 1.18. The zero-order valence-corrected chi connectivity index (χ0v) is 14.7. The highest BCUT2D eigenvalue weighted by molar-refractivity contribution is 7.12. The summed E-state index contributed by atoms with van der Waals surface area (Å²) >= 11 is 3.30. The fourth-order valence-corrected chi connectivity index (χ4v) is 4.01. The molecule has 0 radical (unpaired) electrons. The van der Waals surface area contributed by atoms with E-state index in [1.807, 2.05) is 20.8 Å². The van der Waals surface area contributed by atoms with Crippen LogP contribution in [0.5, 0.6) is 0 Å². The van der Waals surface area contributed by atoms with Crippen molar-refractivity contribution < 1.29 is 4.79 Å². The highest BCUT2D eigenvalue weighted by atomic mass is 32.1. The molecular formula is C15H21N3OS2. The summed E-state index contributed by atoms with van der Waals surface area (Å²) < 4.78 is 0. The molecule has 0 aliphatic carbocycles. The third-order valence-electron chi connectivity index (χ3n) is 3.41. The normalized spacial score (nSPS) is 12.4. The van der Waals surface area contributed by atoms with Gasteiger partial charge in [0.25, 0.3) is 0 Å². The van der Waals surface area contributed by atoms with Crippen molar-refractivity contribution in [2.24, 2.45) is 0 Å². The Hall–Kier alpha value is -1.27. The first-order chi connectivity index (χ1) is 9.90. The molecule has 2 rings (SSSR count). The van der Waals surface area contributed by atoms with Gasteiger partial charge in [-0.1, -0.05) is 6.92 Å². The van der Waals surface area contributed by atoms with E-state index in [1.54, 1.807) is 22.7 Å². The highest BCUT2D eigenvalue weighted by Crippen LogP contribution is 2.25. The second kappa shape index (κ2) is 6.66. The van der Waals surface area contributed by atoms with Gasteiger partial charge in [0, 0.05) is 9.75 Å². The van der Waals surface area contributed by atoms with Gasteiger partial charge in [0.1, 0.15) is 5.01 Å². The average Bonchev–Trinajstić information content (AvgIpc) is 2.90. The van der Waals surface area contributed by atoms with Gasteiger partial charge in [-0.2, -0.15) is 0 Å². The molecule has 0 aromatic carbocycles. The number of nitrogens with zero attached hydrogens (tertiary/aromatic N) is 2. The molecule has 1 N–H and O–H groups in total. The summed E-state index contributed by atoms with van der Waals surface area (Å²) in [7, 11) is 0. The van der Waals surface area contributed by atoms with Gasteiger partial charge in [0.05, 0.1) is 28.9 Å². The van der Waals surface area contributed by atoms with Crippen molar-refractivity contribution in [3.05, 3.63) is 31.2 Å². The predicted molar refractivity (Wildman–Crippen MR) is 88.1 cm³/mol. The first-order valence-corrected chi connectivity index (χ1v) is 8.70. The molecule has 4 nitrogen and oxygen atoms in total. The lowest BCUT2D eigenvalue weighted by atomic mass is 10.2. The molecule has 1 atom stereocenters. The maximum atomic E-state index is 12.2. The van der Waals surface area contributed by atoms with Crippen LogP contribution in [0.25, 0.3) is 0 Å². The van der Waals surface area contributed by atoms with Crippen molar-refractivity contribution >= 4 is 28.6 Å². The van der Waals surface area contributed by atoms with Crippen molar-refractivity contribution in [1.82, 2.24) is 15.3 Å². The predicted octanol–water partition coefficient (Wildman–Crippen LogP) is 3.64. The Bertz CT molecular complexity index is 626. The largest absolute Gasteiger partial charge is 0.347 e.